The predicted octanol–water partition coefficient (Wildman–Crippen LogP) is 3.32. The van der Waals surface area contributed by atoms with Gasteiger partial charge in [0.2, 0.25) is 0 Å². The molecule has 1 aliphatic heterocycles. The first-order valence-electron chi connectivity index (χ1n) is 6.14. The molecule has 0 aromatic carbocycles. The SMILES string of the molecule is CC(C)C1CC2(CCN(CCSS)C2)C1. The van der Waals surface area contributed by atoms with Crippen LogP contribution in [0, 0.1) is 17.3 Å². The predicted molar refractivity (Wildman–Crippen MR) is 72.5 cm³/mol. The van der Waals surface area contributed by atoms with Crippen molar-refractivity contribution in [3.63, 3.8) is 0 Å². The van der Waals surface area contributed by atoms with E-state index < -0.39 is 0 Å². The minimum absolute atomic E-state index is 0.732. The lowest BCUT2D eigenvalue weighted by Gasteiger charge is -2.47. The van der Waals surface area contributed by atoms with Crippen molar-refractivity contribution in [1.29, 1.82) is 0 Å². The van der Waals surface area contributed by atoms with Gasteiger partial charge in [0, 0.05) is 18.8 Å². The van der Waals surface area contributed by atoms with Crippen LogP contribution < -0.4 is 0 Å². The molecule has 0 aromatic heterocycles. The molecule has 0 atom stereocenters. The van der Waals surface area contributed by atoms with Crippen LogP contribution >= 0.6 is 22.5 Å². The van der Waals surface area contributed by atoms with Gasteiger partial charge in [-0.05, 0) is 43.1 Å². The van der Waals surface area contributed by atoms with Gasteiger partial charge in [-0.1, -0.05) is 24.6 Å². The molecule has 2 fully saturated rings. The summed E-state index contributed by atoms with van der Waals surface area (Å²) in [5.74, 6) is 3.09. The van der Waals surface area contributed by atoms with Crippen LogP contribution in [-0.4, -0.2) is 30.3 Å². The Hall–Kier alpha value is 0.660. The van der Waals surface area contributed by atoms with Crippen molar-refractivity contribution in [1.82, 2.24) is 4.90 Å². The molecule has 1 nitrogen and oxygen atoms in total. The molecule has 0 unspecified atom stereocenters. The van der Waals surface area contributed by atoms with Gasteiger partial charge < -0.3 is 4.90 Å². The molecular weight excluding hydrogens is 222 g/mol. The maximum absolute atomic E-state index is 4.20. The van der Waals surface area contributed by atoms with Crippen molar-refractivity contribution in [2.75, 3.05) is 25.4 Å². The molecule has 88 valence electrons. The Balaban J connectivity index is 1.74. The molecule has 1 saturated heterocycles. The molecule has 0 aromatic rings. The monoisotopic (exact) mass is 245 g/mol. The van der Waals surface area contributed by atoms with Crippen LogP contribution in [0.5, 0.6) is 0 Å². The number of thiol groups is 1. The third-order valence-electron chi connectivity index (χ3n) is 4.35. The Morgan fingerprint density at radius 3 is 2.80 bits per heavy atom. The van der Waals surface area contributed by atoms with Crippen LogP contribution in [0.15, 0.2) is 0 Å². The fraction of sp³-hybridized carbons (Fsp3) is 1.00. The van der Waals surface area contributed by atoms with E-state index in [1.54, 1.807) is 10.8 Å². The fourth-order valence-corrected chi connectivity index (χ4v) is 3.83. The Bertz CT molecular complexity index is 212. The van der Waals surface area contributed by atoms with E-state index in [4.69, 9.17) is 0 Å². The second-order valence-electron chi connectivity index (χ2n) is 5.77. The maximum Gasteiger partial charge on any atom is 0.0162 e. The normalized spacial score (nSPS) is 36.4. The Morgan fingerprint density at radius 2 is 2.20 bits per heavy atom. The molecule has 3 heteroatoms. The second kappa shape index (κ2) is 4.89. The number of hydrogen-bond donors (Lipinski definition) is 1. The molecule has 2 aliphatic rings. The van der Waals surface area contributed by atoms with Crippen LogP contribution in [0.2, 0.25) is 0 Å². The summed E-state index contributed by atoms with van der Waals surface area (Å²) in [5.41, 5.74) is 0.732. The van der Waals surface area contributed by atoms with Crippen LogP contribution in [0.1, 0.15) is 33.1 Å². The van der Waals surface area contributed by atoms with E-state index >= 15 is 0 Å². The number of rotatable bonds is 4. The van der Waals surface area contributed by atoms with Crippen molar-refractivity contribution in [3.05, 3.63) is 0 Å². The Morgan fingerprint density at radius 1 is 1.47 bits per heavy atom. The van der Waals surface area contributed by atoms with Crippen LogP contribution in [-0.2, 0) is 0 Å². The highest BCUT2D eigenvalue weighted by atomic mass is 33.1. The van der Waals surface area contributed by atoms with E-state index in [2.05, 4.69) is 30.4 Å². The smallest absolute Gasteiger partial charge is 0.0162 e. The van der Waals surface area contributed by atoms with E-state index in [-0.39, 0.29) is 0 Å². The van der Waals surface area contributed by atoms with Crippen LogP contribution in [0.4, 0.5) is 0 Å². The summed E-state index contributed by atoms with van der Waals surface area (Å²) < 4.78 is 0. The number of nitrogens with zero attached hydrogens (tertiary/aromatic N) is 1. The molecular formula is C12H23NS2. The quantitative estimate of drug-likeness (QED) is 0.598. The molecule has 2 rings (SSSR count). The zero-order chi connectivity index (χ0) is 10.9. The van der Waals surface area contributed by atoms with Gasteiger partial charge in [0.1, 0.15) is 0 Å². The van der Waals surface area contributed by atoms with Gasteiger partial charge in [0.15, 0.2) is 0 Å². The molecule has 0 N–H and O–H groups in total. The lowest BCUT2D eigenvalue weighted by Crippen LogP contribution is -2.41. The van der Waals surface area contributed by atoms with Gasteiger partial charge in [-0.15, -0.1) is 11.7 Å². The third kappa shape index (κ3) is 2.67. The molecule has 0 amide bonds. The largest absolute Gasteiger partial charge is 0.302 e. The van der Waals surface area contributed by atoms with Gasteiger partial charge >= 0.3 is 0 Å². The van der Waals surface area contributed by atoms with E-state index in [0.29, 0.717) is 0 Å². The van der Waals surface area contributed by atoms with E-state index in [9.17, 15) is 0 Å². The van der Waals surface area contributed by atoms with Crippen molar-refractivity contribution in [3.8, 4) is 0 Å². The lowest BCUT2D eigenvalue weighted by atomic mass is 9.58. The fourth-order valence-electron chi connectivity index (χ4n) is 3.25. The highest BCUT2D eigenvalue weighted by molar-refractivity contribution is 8.68. The van der Waals surface area contributed by atoms with Crippen LogP contribution in [0.25, 0.3) is 0 Å². The van der Waals surface area contributed by atoms with Gasteiger partial charge in [0.25, 0.3) is 0 Å². The zero-order valence-corrected chi connectivity index (χ0v) is 11.6. The van der Waals surface area contributed by atoms with Crippen molar-refractivity contribution < 1.29 is 0 Å². The summed E-state index contributed by atoms with van der Waals surface area (Å²) in [6.07, 6.45) is 4.44. The van der Waals surface area contributed by atoms with Gasteiger partial charge in [-0.3, -0.25) is 0 Å². The summed E-state index contributed by atoms with van der Waals surface area (Å²) in [6.45, 7) is 8.69. The topological polar surface area (TPSA) is 3.24 Å². The summed E-state index contributed by atoms with van der Waals surface area (Å²) in [4.78, 5) is 2.64. The van der Waals surface area contributed by atoms with Gasteiger partial charge in [0.05, 0.1) is 0 Å². The number of hydrogen-bond acceptors (Lipinski definition) is 3. The third-order valence-corrected chi connectivity index (χ3v) is 5.26. The summed E-state index contributed by atoms with van der Waals surface area (Å²) in [5, 5.41) is 0. The van der Waals surface area contributed by atoms with E-state index in [1.165, 1.54) is 44.6 Å². The second-order valence-corrected chi connectivity index (χ2v) is 7.21. The van der Waals surface area contributed by atoms with Crippen molar-refractivity contribution in [2.24, 2.45) is 17.3 Å². The van der Waals surface area contributed by atoms with Crippen molar-refractivity contribution >= 4 is 22.5 Å². The van der Waals surface area contributed by atoms with E-state index in [1.807, 2.05) is 0 Å². The average molecular weight is 245 g/mol. The van der Waals surface area contributed by atoms with Gasteiger partial charge in [-0.25, -0.2) is 0 Å². The van der Waals surface area contributed by atoms with Gasteiger partial charge in [-0.2, -0.15) is 0 Å². The van der Waals surface area contributed by atoms with Crippen LogP contribution in [0.3, 0.4) is 0 Å². The summed E-state index contributed by atoms with van der Waals surface area (Å²) >= 11 is 4.20. The minimum atomic E-state index is 0.732. The minimum Gasteiger partial charge on any atom is -0.302 e. The first-order chi connectivity index (χ1) is 7.15. The highest BCUT2D eigenvalue weighted by Gasteiger charge is 2.48. The van der Waals surface area contributed by atoms with Crippen molar-refractivity contribution in [2.45, 2.75) is 33.1 Å². The van der Waals surface area contributed by atoms with E-state index in [0.717, 1.165) is 17.3 Å². The number of likely N-dealkylation sites (tertiary alicyclic amines) is 1. The molecule has 1 heterocycles. The standard InChI is InChI=1S/C12H23NS2/c1-10(2)11-7-12(8-11)3-4-13(9-12)5-6-15-14/h10-11,14H,3-9H2,1-2H3. The summed E-state index contributed by atoms with van der Waals surface area (Å²) in [7, 11) is 1.67. The maximum atomic E-state index is 4.20. The molecule has 0 radical (unpaired) electrons. The molecule has 0 bridgehead atoms. The molecule has 1 saturated carbocycles. The first-order valence-corrected chi connectivity index (χ1v) is 8.18. The lowest BCUT2D eigenvalue weighted by molar-refractivity contribution is 0.0347. The Labute approximate surface area is 103 Å². The molecule has 1 spiro atoms. The summed E-state index contributed by atoms with van der Waals surface area (Å²) in [6, 6.07) is 0. The molecule has 1 aliphatic carbocycles. The zero-order valence-electron chi connectivity index (χ0n) is 9.91. The molecule has 15 heavy (non-hydrogen) atoms. The first kappa shape index (κ1) is 12.1. The Kier molecular flexibility index (Phi) is 3.95. The average Bonchev–Trinajstić information content (AvgIpc) is 2.56. The highest BCUT2D eigenvalue weighted by Crippen LogP contribution is 2.53.